The summed E-state index contributed by atoms with van der Waals surface area (Å²) in [5, 5.41) is 11.7. The van der Waals surface area contributed by atoms with Gasteiger partial charge >= 0.3 is 0 Å². The summed E-state index contributed by atoms with van der Waals surface area (Å²) in [6, 6.07) is 7.59. The van der Waals surface area contributed by atoms with Gasteiger partial charge in [-0.05, 0) is 42.5 Å². The van der Waals surface area contributed by atoms with Gasteiger partial charge in [0.05, 0.1) is 11.2 Å². The van der Waals surface area contributed by atoms with Gasteiger partial charge in [-0.25, -0.2) is 0 Å². The molecule has 0 aromatic heterocycles. The van der Waals surface area contributed by atoms with Crippen molar-refractivity contribution >= 4 is 29.4 Å². The van der Waals surface area contributed by atoms with Crippen LogP contribution in [0.3, 0.4) is 0 Å². The molecule has 0 radical (unpaired) electrons. The van der Waals surface area contributed by atoms with E-state index in [1.165, 1.54) is 23.5 Å². The Morgan fingerprint density at radius 2 is 2.00 bits per heavy atom. The molecule has 0 saturated carbocycles. The van der Waals surface area contributed by atoms with Crippen LogP contribution < -0.4 is 5.32 Å². The Bertz CT molecular complexity index is 416. The third kappa shape index (κ3) is 4.16. The van der Waals surface area contributed by atoms with Gasteiger partial charge in [0, 0.05) is 11.6 Å². The smallest absolute Gasteiger partial charge is 0.251 e. The minimum absolute atomic E-state index is 0.0425. The van der Waals surface area contributed by atoms with E-state index in [2.05, 4.69) is 5.32 Å². The van der Waals surface area contributed by atoms with E-state index in [4.69, 9.17) is 5.11 Å². The van der Waals surface area contributed by atoms with E-state index in [0.717, 1.165) is 0 Å². The largest absolute Gasteiger partial charge is 0.394 e. The average molecular weight is 297 g/mol. The van der Waals surface area contributed by atoms with Crippen LogP contribution in [0.25, 0.3) is 0 Å². The zero-order chi connectivity index (χ0) is 13.7. The van der Waals surface area contributed by atoms with Crippen LogP contribution in [0, 0.1) is 0 Å². The minimum atomic E-state index is -0.211. The molecule has 1 aromatic carbocycles. The third-order valence-electron chi connectivity index (χ3n) is 2.92. The predicted molar refractivity (Wildman–Crippen MR) is 82.7 cm³/mol. The summed E-state index contributed by atoms with van der Waals surface area (Å²) in [4.78, 5) is 11.9. The number of amides is 1. The Hall–Kier alpha value is -0.650. The van der Waals surface area contributed by atoms with Gasteiger partial charge in [-0.1, -0.05) is 12.1 Å². The third-order valence-corrected chi connectivity index (χ3v) is 5.94. The quantitative estimate of drug-likeness (QED) is 0.897. The lowest BCUT2D eigenvalue weighted by molar-refractivity contribution is 0.0922. The maximum absolute atomic E-state index is 11.9. The first kappa shape index (κ1) is 14.8. The van der Waals surface area contributed by atoms with E-state index >= 15 is 0 Å². The van der Waals surface area contributed by atoms with E-state index in [-0.39, 0.29) is 18.6 Å². The predicted octanol–water partition coefficient (Wildman–Crippen LogP) is 2.67. The second-order valence-corrected chi connectivity index (χ2v) is 7.33. The first-order valence-electron chi connectivity index (χ1n) is 6.45. The van der Waals surface area contributed by atoms with Crippen LogP contribution in [0.2, 0.25) is 0 Å². The monoisotopic (exact) mass is 297 g/mol. The zero-order valence-electron chi connectivity index (χ0n) is 11.0. The van der Waals surface area contributed by atoms with Gasteiger partial charge in [-0.3, -0.25) is 4.79 Å². The number of hydrogen-bond donors (Lipinski definition) is 2. The van der Waals surface area contributed by atoms with Gasteiger partial charge < -0.3 is 10.4 Å². The molecular weight excluding hydrogens is 278 g/mol. The standard InChI is InChI=1S/C14H19NO2S2/c1-10(9-16)15-13(17)11-3-5-12(6-4-11)14-18-7-2-8-19-14/h3-6,10,14,16H,2,7-9H2,1H3,(H,15,17). The number of thioether (sulfide) groups is 2. The lowest BCUT2D eigenvalue weighted by Gasteiger charge is -2.21. The molecular formula is C14H19NO2S2. The summed E-state index contributed by atoms with van der Waals surface area (Å²) >= 11 is 3.95. The molecule has 0 bridgehead atoms. The summed E-state index contributed by atoms with van der Waals surface area (Å²) in [5.74, 6) is 2.30. The highest BCUT2D eigenvalue weighted by Gasteiger charge is 2.17. The Morgan fingerprint density at radius 1 is 1.37 bits per heavy atom. The normalized spacial score (nSPS) is 18.0. The molecule has 1 atom stereocenters. The Kier molecular flexibility index (Phi) is 5.60. The van der Waals surface area contributed by atoms with E-state index in [0.29, 0.717) is 10.1 Å². The Morgan fingerprint density at radius 3 is 2.58 bits per heavy atom. The molecule has 1 unspecified atom stereocenters. The SMILES string of the molecule is CC(CO)NC(=O)c1ccc(C2SCCCS2)cc1. The van der Waals surface area contributed by atoms with Crippen molar-refractivity contribution in [2.75, 3.05) is 18.1 Å². The molecule has 1 aromatic rings. The van der Waals surface area contributed by atoms with E-state index in [1.807, 2.05) is 47.8 Å². The van der Waals surface area contributed by atoms with Crippen LogP contribution in [0.5, 0.6) is 0 Å². The average Bonchev–Trinajstić information content (AvgIpc) is 2.48. The molecule has 0 spiro atoms. The van der Waals surface area contributed by atoms with Crippen molar-refractivity contribution in [1.82, 2.24) is 5.32 Å². The molecule has 1 fully saturated rings. The number of nitrogens with one attached hydrogen (secondary N) is 1. The van der Waals surface area contributed by atoms with Crippen molar-refractivity contribution in [2.24, 2.45) is 0 Å². The van der Waals surface area contributed by atoms with E-state index < -0.39 is 0 Å². The van der Waals surface area contributed by atoms with Crippen molar-refractivity contribution in [3.8, 4) is 0 Å². The molecule has 1 aliphatic heterocycles. The van der Waals surface area contributed by atoms with Crippen LogP contribution in [-0.4, -0.2) is 35.2 Å². The van der Waals surface area contributed by atoms with Gasteiger partial charge in [0.1, 0.15) is 0 Å². The summed E-state index contributed by atoms with van der Waals surface area (Å²) in [7, 11) is 0. The molecule has 1 saturated heterocycles. The number of benzene rings is 1. The van der Waals surface area contributed by atoms with Crippen molar-refractivity contribution in [3.63, 3.8) is 0 Å². The lowest BCUT2D eigenvalue weighted by atomic mass is 10.1. The van der Waals surface area contributed by atoms with Gasteiger partial charge in [0.15, 0.2) is 0 Å². The minimum Gasteiger partial charge on any atom is -0.394 e. The summed E-state index contributed by atoms with van der Waals surface area (Å²) in [5.41, 5.74) is 1.93. The Balaban J connectivity index is 1.99. The van der Waals surface area contributed by atoms with Crippen molar-refractivity contribution < 1.29 is 9.90 Å². The fraction of sp³-hybridized carbons (Fsp3) is 0.500. The molecule has 19 heavy (non-hydrogen) atoms. The molecule has 104 valence electrons. The summed E-state index contributed by atoms with van der Waals surface area (Å²) in [6.45, 7) is 1.74. The molecule has 1 amide bonds. The van der Waals surface area contributed by atoms with Gasteiger partial charge in [-0.15, -0.1) is 23.5 Å². The van der Waals surface area contributed by atoms with Crippen LogP contribution in [-0.2, 0) is 0 Å². The van der Waals surface area contributed by atoms with Crippen LogP contribution in [0.15, 0.2) is 24.3 Å². The van der Waals surface area contributed by atoms with Gasteiger partial charge in [0.25, 0.3) is 5.91 Å². The van der Waals surface area contributed by atoms with E-state index in [9.17, 15) is 4.79 Å². The van der Waals surface area contributed by atoms with Crippen molar-refractivity contribution in [2.45, 2.75) is 24.0 Å². The topological polar surface area (TPSA) is 49.3 Å². The van der Waals surface area contributed by atoms with Crippen molar-refractivity contribution in [1.29, 1.82) is 0 Å². The first-order valence-corrected chi connectivity index (χ1v) is 8.55. The number of aliphatic hydroxyl groups excluding tert-OH is 1. The van der Waals surface area contributed by atoms with Crippen molar-refractivity contribution in [3.05, 3.63) is 35.4 Å². The molecule has 1 aliphatic rings. The zero-order valence-corrected chi connectivity index (χ0v) is 12.6. The molecule has 5 heteroatoms. The summed E-state index contributed by atoms with van der Waals surface area (Å²) < 4.78 is 0.502. The number of carbonyl (C=O) groups is 1. The molecule has 3 nitrogen and oxygen atoms in total. The number of rotatable bonds is 4. The number of aliphatic hydroxyl groups is 1. The second-order valence-electron chi connectivity index (χ2n) is 4.61. The van der Waals surface area contributed by atoms with Gasteiger partial charge in [0.2, 0.25) is 0 Å². The van der Waals surface area contributed by atoms with Crippen LogP contribution >= 0.6 is 23.5 Å². The number of hydrogen-bond acceptors (Lipinski definition) is 4. The molecule has 0 aliphatic carbocycles. The highest BCUT2D eigenvalue weighted by molar-refractivity contribution is 8.16. The molecule has 2 N–H and O–H groups in total. The maximum atomic E-state index is 11.9. The van der Waals surface area contributed by atoms with Gasteiger partial charge in [-0.2, -0.15) is 0 Å². The highest BCUT2D eigenvalue weighted by Crippen LogP contribution is 2.43. The molecule has 2 rings (SSSR count). The van der Waals surface area contributed by atoms with Crippen LogP contribution in [0.1, 0.15) is 33.8 Å². The second kappa shape index (κ2) is 7.22. The van der Waals surface area contributed by atoms with E-state index in [1.54, 1.807) is 6.92 Å². The maximum Gasteiger partial charge on any atom is 0.251 e. The molecule has 1 heterocycles. The fourth-order valence-corrected chi connectivity index (χ4v) is 4.72. The summed E-state index contributed by atoms with van der Waals surface area (Å²) in [6.07, 6.45) is 1.28. The lowest BCUT2D eigenvalue weighted by Crippen LogP contribution is -2.34. The number of carbonyl (C=O) groups excluding carboxylic acids is 1. The fourth-order valence-electron chi connectivity index (χ4n) is 1.82. The first-order chi connectivity index (χ1) is 9.20. The highest BCUT2D eigenvalue weighted by atomic mass is 32.2. The van der Waals surface area contributed by atoms with Crippen LogP contribution in [0.4, 0.5) is 0 Å². The Labute approximate surface area is 122 Å².